The number of para-hydroxylation sites is 1. The molecule has 0 atom stereocenters. The maximum atomic E-state index is 9.48. The molecule has 1 nitrogen and oxygen atoms in total. The van der Waals surface area contributed by atoms with E-state index in [2.05, 4.69) is 0 Å². The molecule has 0 aliphatic heterocycles. The Bertz CT molecular complexity index is 2950. The van der Waals surface area contributed by atoms with E-state index in [4.69, 9.17) is 23.6 Å². The van der Waals surface area contributed by atoms with E-state index in [1.165, 1.54) is 36.4 Å². The second-order valence-electron chi connectivity index (χ2n) is 8.50. The Morgan fingerprint density at radius 3 is 1.76 bits per heavy atom. The second kappa shape index (κ2) is 7.81. The van der Waals surface area contributed by atoms with Gasteiger partial charge >= 0.3 is 0 Å². The fourth-order valence-corrected chi connectivity index (χ4v) is 4.93. The quantitative estimate of drug-likeness (QED) is 0.221. The van der Waals surface area contributed by atoms with Gasteiger partial charge in [0.1, 0.15) is 11.2 Å². The monoisotopic (exact) mass is 486 g/mol. The zero-order valence-corrected chi connectivity index (χ0v) is 18.9. The van der Waals surface area contributed by atoms with Gasteiger partial charge in [-0.1, -0.05) is 109 Å². The van der Waals surface area contributed by atoms with Gasteiger partial charge in [0.2, 0.25) is 0 Å². The third kappa shape index (κ3) is 3.04. The van der Waals surface area contributed by atoms with Gasteiger partial charge in [0.25, 0.3) is 0 Å². The molecule has 8 rings (SSSR count). The van der Waals surface area contributed by atoms with Gasteiger partial charge in [0.05, 0.1) is 21.9 Å². The Morgan fingerprint density at radius 2 is 1.03 bits per heavy atom. The van der Waals surface area contributed by atoms with Gasteiger partial charge in [-0.2, -0.15) is 0 Å². The Hall–Kier alpha value is -4.88. The molecule has 1 heteroatoms. The zero-order valence-electron chi connectivity index (χ0n) is 34.9. The molecule has 1 aromatic heterocycles. The summed E-state index contributed by atoms with van der Waals surface area (Å²) in [6.45, 7) is 0. The smallest absolute Gasteiger partial charge is 0.135 e. The standard InChI is InChI=1S/C36H22O/c1-2-10-24-21-25(18-17-23(24)9-1)35-28-12-3-5-14-30(28)36(31-15-6-4-13-29(31)35)26-19-20-34-32(22-26)27-11-7-8-16-33(27)37-34/h1-22H/i1D,2D,3D,4D,5D,6D,7D,8D,9D,10D,11D,16D,17D,19D,20D,22D. The van der Waals surface area contributed by atoms with Crippen LogP contribution in [0.2, 0.25) is 0 Å². The van der Waals surface area contributed by atoms with Crippen LogP contribution in [0.25, 0.3) is 76.5 Å². The maximum Gasteiger partial charge on any atom is 0.135 e. The van der Waals surface area contributed by atoms with E-state index >= 15 is 0 Å². The predicted octanol–water partition coefficient (Wildman–Crippen LogP) is 10.4. The Balaban J connectivity index is 1.62. The van der Waals surface area contributed by atoms with Crippen molar-refractivity contribution in [1.29, 1.82) is 0 Å². The summed E-state index contributed by atoms with van der Waals surface area (Å²) in [6, 6.07) is 1.55. The van der Waals surface area contributed by atoms with Crippen molar-refractivity contribution < 1.29 is 26.3 Å². The molecule has 0 N–H and O–H groups in total. The number of furan rings is 1. The molecule has 0 aliphatic carbocycles. The highest BCUT2D eigenvalue weighted by Gasteiger charge is 2.17. The number of benzene rings is 7. The van der Waals surface area contributed by atoms with Crippen molar-refractivity contribution in [2.24, 2.45) is 0 Å². The highest BCUT2D eigenvalue weighted by atomic mass is 16.3. The molecule has 8 aromatic rings. The van der Waals surface area contributed by atoms with E-state index in [-0.39, 0.29) is 113 Å². The molecule has 0 saturated heterocycles. The molecular formula is C36H22O. The van der Waals surface area contributed by atoms with Crippen molar-refractivity contribution in [3.05, 3.63) is 133 Å². The van der Waals surface area contributed by atoms with E-state index in [1.54, 1.807) is 0 Å². The van der Waals surface area contributed by atoms with Gasteiger partial charge in [0.15, 0.2) is 0 Å². The van der Waals surface area contributed by atoms with E-state index in [0.717, 1.165) is 0 Å². The molecule has 7 aromatic carbocycles. The van der Waals surface area contributed by atoms with Crippen LogP contribution in [0.4, 0.5) is 0 Å². The average molecular weight is 487 g/mol. The highest BCUT2D eigenvalue weighted by molar-refractivity contribution is 6.22. The molecular weight excluding hydrogens is 448 g/mol. The molecule has 37 heavy (non-hydrogen) atoms. The second-order valence-corrected chi connectivity index (χ2v) is 8.50. The molecule has 0 radical (unpaired) electrons. The summed E-state index contributed by atoms with van der Waals surface area (Å²) in [7, 11) is 0. The number of hydrogen-bond acceptors (Lipinski definition) is 1. The zero-order chi connectivity index (χ0) is 38.3. The first-order valence-corrected chi connectivity index (χ1v) is 11.4. The molecule has 0 unspecified atom stereocenters. The van der Waals surface area contributed by atoms with Crippen molar-refractivity contribution >= 4 is 54.3 Å². The summed E-state index contributed by atoms with van der Waals surface area (Å²) in [6.07, 6.45) is 0. The molecule has 1 heterocycles. The van der Waals surface area contributed by atoms with Gasteiger partial charge < -0.3 is 4.42 Å². The van der Waals surface area contributed by atoms with Gasteiger partial charge in [-0.15, -0.1) is 0 Å². The number of fused-ring (bicyclic) bond motifs is 6. The van der Waals surface area contributed by atoms with Gasteiger partial charge in [-0.05, 0) is 78.8 Å². The molecule has 0 fully saturated rings. The lowest BCUT2D eigenvalue weighted by atomic mass is 9.85. The summed E-state index contributed by atoms with van der Waals surface area (Å²) < 4.78 is 144. The average Bonchev–Trinajstić information content (AvgIpc) is 3.53. The molecule has 0 spiro atoms. The van der Waals surface area contributed by atoms with Crippen LogP contribution in [0.1, 0.15) is 21.9 Å². The fraction of sp³-hybridized carbons (Fsp3) is 0. The van der Waals surface area contributed by atoms with Crippen LogP contribution in [-0.2, 0) is 0 Å². The number of rotatable bonds is 2. The maximum absolute atomic E-state index is 9.48. The fourth-order valence-electron chi connectivity index (χ4n) is 4.93. The molecule has 0 aliphatic rings. The van der Waals surface area contributed by atoms with Crippen LogP contribution in [0.3, 0.4) is 0 Å². The van der Waals surface area contributed by atoms with Crippen LogP contribution in [-0.4, -0.2) is 0 Å². The van der Waals surface area contributed by atoms with Crippen molar-refractivity contribution in [2.45, 2.75) is 0 Å². The van der Waals surface area contributed by atoms with Gasteiger partial charge in [-0.3, -0.25) is 0 Å². The minimum absolute atomic E-state index is 0.0199. The SMILES string of the molecule is [2H]c1cc2c(-c3cc([2H])c4c([2H])c([2H])c([2H])c([2H])c4c3)c3cc([2H])c([2H])cc3c(-c3c([2H])c([2H])c4oc5c([2H])c([2H])c([2H])c([2H])c5c4c3[2H])c2cc1[2H]. The van der Waals surface area contributed by atoms with Crippen molar-refractivity contribution in [2.75, 3.05) is 0 Å². The molecule has 0 saturated carbocycles. The lowest BCUT2D eigenvalue weighted by molar-refractivity contribution is 0.669. The first-order chi connectivity index (χ1) is 25.0. The Labute approximate surface area is 236 Å². The summed E-state index contributed by atoms with van der Waals surface area (Å²) in [5.74, 6) is 0. The van der Waals surface area contributed by atoms with Crippen molar-refractivity contribution in [3.63, 3.8) is 0 Å². The summed E-state index contributed by atoms with van der Waals surface area (Å²) in [5.41, 5.74) is -0.165. The van der Waals surface area contributed by atoms with Crippen molar-refractivity contribution in [3.8, 4) is 22.3 Å². The van der Waals surface area contributed by atoms with E-state index in [1.807, 2.05) is 0 Å². The van der Waals surface area contributed by atoms with Gasteiger partial charge in [0, 0.05) is 10.8 Å². The topological polar surface area (TPSA) is 13.1 Å². The normalized spacial score (nSPS) is 17.8. The molecule has 0 bridgehead atoms. The minimum Gasteiger partial charge on any atom is -0.456 e. The minimum atomic E-state index is -0.592. The predicted molar refractivity (Wildman–Crippen MR) is 157 cm³/mol. The van der Waals surface area contributed by atoms with Crippen LogP contribution in [0.15, 0.2) is 137 Å². The van der Waals surface area contributed by atoms with Crippen molar-refractivity contribution in [1.82, 2.24) is 0 Å². The van der Waals surface area contributed by atoms with Crippen LogP contribution >= 0.6 is 0 Å². The first-order valence-electron chi connectivity index (χ1n) is 19.4. The third-order valence-electron chi connectivity index (χ3n) is 6.50. The van der Waals surface area contributed by atoms with E-state index < -0.39 is 60.4 Å². The van der Waals surface area contributed by atoms with Gasteiger partial charge in [-0.25, -0.2) is 0 Å². The third-order valence-corrected chi connectivity index (χ3v) is 6.50. The Morgan fingerprint density at radius 1 is 0.432 bits per heavy atom. The molecule has 172 valence electrons. The first kappa shape index (κ1) is 10.2. The van der Waals surface area contributed by atoms with E-state index in [9.17, 15) is 2.74 Å². The summed E-state index contributed by atoms with van der Waals surface area (Å²) in [5, 5.41) is 0.562. The lowest BCUT2D eigenvalue weighted by Crippen LogP contribution is -1.91. The Kier molecular flexibility index (Phi) is 2.16. The van der Waals surface area contributed by atoms with Crippen LogP contribution in [0, 0.1) is 0 Å². The largest absolute Gasteiger partial charge is 0.456 e. The van der Waals surface area contributed by atoms with E-state index in [0.29, 0.717) is 0 Å². The number of hydrogen-bond donors (Lipinski definition) is 0. The summed E-state index contributed by atoms with van der Waals surface area (Å²) >= 11 is 0. The van der Waals surface area contributed by atoms with Crippen LogP contribution < -0.4 is 0 Å². The highest BCUT2D eigenvalue weighted by Crippen LogP contribution is 2.45. The lowest BCUT2D eigenvalue weighted by Gasteiger charge is -2.18. The summed E-state index contributed by atoms with van der Waals surface area (Å²) in [4.78, 5) is 0. The molecule has 0 amide bonds. The van der Waals surface area contributed by atoms with Crippen LogP contribution in [0.5, 0.6) is 0 Å².